The molecule has 0 fully saturated rings. The number of amides is 1. The standard InChI is InChI=1S/C25H33N3O5S/c1-15-11-16(2)22(18(4)17(15)3)34(31,32)28-23(26)20-10-8-9-19(12-20)13-21(14-29)27-24(30)33-25(5,6)7/h8-12,14,21H,13H2,1-7H3,(H2,26,28)(H,27,30). The van der Waals surface area contributed by atoms with Gasteiger partial charge in [0, 0.05) is 5.56 Å². The molecule has 0 radical (unpaired) electrons. The van der Waals surface area contributed by atoms with Gasteiger partial charge in [-0.15, -0.1) is 4.40 Å². The third-order valence-electron chi connectivity index (χ3n) is 5.31. The van der Waals surface area contributed by atoms with Crippen LogP contribution in [0.5, 0.6) is 0 Å². The summed E-state index contributed by atoms with van der Waals surface area (Å²) in [5.41, 5.74) is 9.58. The first-order chi connectivity index (χ1) is 15.6. The number of carbonyl (C=O) groups excluding carboxylic acids is 2. The van der Waals surface area contributed by atoms with Crippen LogP contribution in [0.4, 0.5) is 4.79 Å². The topological polar surface area (TPSA) is 128 Å². The minimum absolute atomic E-state index is 0.150. The monoisotopic (exact) mass is 487 g/mol. The number of nitrogens with two attached hydrogens (primary N) is 1. The molecule has 1 atom stereocenters. The van der Waals surface area contributed by atoms with Crippen molar-refractivity contribution in [3.8, 4) is 0 Å². The van der Waals surface area contributed by atoms with Gasteiger partial charge in [-0.25, -0.2) is 4.79 Å². The zero-order valence-electron chi connectivity index (χ0n) is 20.7. The highest BCUT2D eigenvalue weighted by molar-refractivity contribution is 7.90. The van der Waals surface area contributed by atoms with Crippen LogP contribution >= 0.6 is 0 Å². The number of nitrogens with one attached hydrogen (secondary N) is 1. The number of carbonyl (C=O) groups is 2. The zero-order chi connectivity index (χ0) is 25.8. The van der Waals surface area contributed by atoms with Gasteiger partial charge >= 0.3 is 6.09 Å². The molecule has 184 valence electrons. The molecule has 34 heavy (non-hydrogen) atoms. The first kappa shape index (κ1) is 27.0. The summed E-state index contributed by atoms with van der Waals surface area (Å²) in [6, 6.07) is 7.70. The van der Waals surface area contributed by atoms with Crippen molar-refractivity contribution in [1.82, 2.24) is 5.32 Å². The van der Waals surface area contributed by atoms with Crippen molar-refractivity contribution in [2.75, 3.05) is 0 Å². The van der Waals surface area contributed by atoms with Gasteiger partial charge in [-0.05, 0) is 88.8 Å². The van der Waals surface area contributed by atoms with Crippen LogP contribution < -0.4 is 11.1 Å². The lowest BCUT2D eigenvalue weighted by Crippen LogP contribution is -2.41. The van der Waals surface area contributed by atoms with Crippen molar-refractivity contribution in [2.24, 2.45) is 10.1 Å². The molecule has 0 aliphatic carbocycles. The first-order valence-corrected chi connectivity index (χ1v) is 12.3. The van der Waals surface area contributed by atoms with Crippen LogP contribution in [-0.2, 0) is 26.0 Å². The highest BCUT2D eigenvalue weighted by atomic mass is 32.2. The Morgan fingerprint density at radius 1 is 1.12 bits per heavy atom. The smallest absolute Gasteiger partial charge is 0.408 e. The summed E-state index contributed by atoms with van der Waals surface area (Å²) in [6.45, 7) is 12.5. The lowest BCUT2D eigenvalue weighted by atomic mass is 10.0. The summed E-state index contributed by atoms with van der Waals surface area (Å²) in [6.07, 6.45) is 0.0857. The van der Waals surface area contributed by atoms with E-state index in [1.807, 2.05) is 19.9 Å². The van der Waals surface area contributed by atoms with E-state index in [2.05, 4.69) is 9.71 Å². The number of amidine groups is 1. The molecule has 9 heteroatoms. The second-order valence-corrected chi connectivity index (χ2v) is 10.9. The fraction of sp³-hybridized carbons (Fsp3) is 0.400. The van der Waals surface area contributed by atoms with Crippen molar-refractivity contribution in [3.63, 3.8) is 0 Å². The van der Waals surface area contributed by atoms with Crippen molar-refractivity contribution >= 4 is 28.2 Å². The van der Waals surface area contributed by atoms with Crippen LogP contribution in [0, 0.1) is 27.7 Å². The summed E-state index contributed by atoms with van der Waals surface area (Å²) in [4.78, 5) is 23.6. The Morgan fingerprint density at radius 2 is 1.76 bits per heavy atom. The van der Waals surface area contributed by atoms with E-state index in [0.717, 1.165) is 11.1 Å². The Bertz CT molecular complexity index is 1230. The molecular formula is C25H33N3O5S. The predicted octanol–water partition coefficient (Wildman–Crippen LogP) is 3.65. The van der Waals surface area contributed by atoms with Crippen LogP contribution in [0.3, 0.4) is 0 Å². The Labute approximate surface area is 201 Å². The summed E-state index contributed by atoms with van der Waals surface area (Å²) < 4.78 is 35.2. The van der Waals surface area contributed by atoms with Crippen LogP contribution in [-0.4, -0.2) is 38.3 Å². The second kappa shape index (κ2) is 10.4. The molecule has 0 aliphatic heterocycles. The van der Waals surface area contributed by atoms with Crippen LogP contribution in [0.15, 0.2) is 39.6 Å². The van der Waals surface area contributed by atoms with E-state index in [1.165, 1.54) is 0 Å². The summed E-state index contributed by atoms with van der Waals surface area (Å²) in [5.74, 6) is -0.165. The summed E-state index contributed by atoms with van der Waals surface area (Å²) in [7, 11) is -4.05. The highest BCUT2D eigenvalue weighted by Gasteiger charge is 2.23. The molecule has 1 unspecified atom stereocenters. The molecule has 0 bridgehead atoms. The fourth-order valence-electron chi connectivity index (χ4n) is 3.59. The lowest BCUT2D eigenvalue weighted by molar-refractivity contribution is -0.109. The van der Waals surface area contributed by atoms with Gasteiger partial charge < -0.3 is 20.6 Å². The fourth-order valence-corrected chi connectivity index (χ4v) is 5.05. The first-order valence-electron chi connectivity index (χ1n) is 10.9. The van der Waals surface area contributed by atoms with Crippen molar-refractivity contribution in [1.29, 1.82) is 0 Å². The SMILES string of the molecule is Cc1cc(C)c(S(=O)(=O)N=C(N)c2cccc(CC(C=O)NC(=O)OC(C)(C)C)c2)c(C)c1C. The Kier molecular flexibility index (Phi) is 8.26. The third kappa shape index (κ3) is 6.90. The normalized spacial score (nSPS) is 13.3. The van der Waals surface area contributed by atoms with E-state index in [1.54, 1.807) is 58.9 Å². The molecule has 0 aromatic heterocycles. The van der Waals surface area contributed by atoms with Crippen LogP contribution in [0.25, 0.3) is 0 Å². The molecule has 0 aliphatic rings. The van der Waals surface area contributed by atoms with E-state index in [0.29, 0.717) is 28.5 Å². The molecule has 0 spiro atoms. The average Bonchev–Trinajstić information content (AvgIpc) is 2.69. The van der Waals surface area contributed by atoms with Crippen LogP contribution in [0.1, 0.15) is 54.2 Å². The van der Waals surface area contributed by atoms with E-state index in [4.69, 9.17) is 10.5 Å². The number of alkyl carbamates (subject to hydrolysis) is 1. The van der Waals surface area contributed by atoms with E-state index < -0.39 is 27.8 Å². The number of ether oxygens (including phenoxy) is 1. The molecule has 2 aromatic carbocycles. The molecule has 2 aromatic rings. The predicted molar refractivity (Wildman–Crippen MR) is 133 cm³/mol. The minimum Gasteiger partial charge on any atom is -0.444 e. The Hall–Kier alpha value is -3.20. The largest absolute Gasteiger partial charge is 0.444 e. The maximum atomic E-state index is 13.1. The number of aryl methyl sites for hydroxylation is 2. The molecule has 1 amide bonds. The van der Waals surface area contributed by atoms with E-state index >= 15 is 0 Å². The number of rotatable bonds is 7. The zero-order valence-corrected chi connectivity index (χ0v) is 21.5. The van der Waals surface area contributed by atoms with Gasteiger partial charge in [-0.3, -0.25) is 0 Å². The van der Waals surface area contributed by atoms with Gasteiger partial charge in [0.2, 0.25) is 0 Å². The maximum Gasteiger partial charge on any atom is 0.408 e. The van der Waals surface area contributed by atoms with Gasteiger partial charge in [0.1, 0.15) is 17.7 Å². The van der Waals surface area contributed by atoms with E-state index in [-0.39, 0.29) is 17.2 Å². The molecule has 0 saturated heterocycles. The van der Waals surface area contributed by atoms with Crippen molar-refractivity contribution in [3.05, 3.63) is 63.7 Å². The van der Waals surface area contributed by atoms with Gasteiger partial charge in [-0.2, -0.15) is 8.42 Å². The Balaban J connectivity index is 2.30. The van der Waals surface area contributed by atoms with E-state index in [9.17, 15) is 18.0 Å². The Morgan fingerprint density at radius 3 is 2.35 bits per heavy atom. The number of sulfonamides is 1. The summed E-state index contributed by atoms with van der Waals surface area (Å²) in [5, 5.41) is 2.52. The van der Waals surface area contributed by atoms with Gasteiger partial charge in [-0.1, -0.05) is 24.3 Å². The third-order valence-corrected chi connectivity index (χ3v) is 6.89. The number of aldehydes is 1. The average molecular weight is 488 g/mol. The molecule has 2 rings (SSSR count). The number of hydrogen-bond acceptors (Lipinski definition) is 5. The number of hydrogen-bond donors (Lipinski definition) is 2. The van der Waals surface area contributed by atoms with Crippen molar-refractivity contribution < 1.29 is 22.7 Å². The lowest BCUT2D eigenvalue weighted by Gasteiger charge is -2.21. The highest BCUT2D eigenvalue weighted by Crippen LogP contribution is 2.27. The van der Waals surface area contributed by atoms with Crippen molar-refractivity contribution in [2.45, 2.75) is 71.4 Å². The molecule has 0 heterocycles. The maximum absolute atomic E-state index is 13.1. The minimum atomic E-state index is -4.05. The second-order valence-electron chi connectivity index (χ2n) is 9.33. The molecular weight excluding hydrogens is 454 g/mol. The van der Waals surface area contributed by atoms with Gasteiger partial charge in [0.25, 0.3) is 10.0 Å². The van der Waals surface area contributed by atoms with Gasteiger partial charge in [0.15, 0.2) is 0 Å². The molecule has 0 saturated carbocycles. The number of nitrogens with zero attached hydrogens (tertiary/aromatic N) is 1. The van der Waals surface area contributed by atoms with Crippen LogP contribution in [0.2, 0.25) is 0 Å². The summed E-state index contributed by atoms with van der Waals surface area (Å²) >= 11 is 0. The van der Waals surface area contributed by atoms with Gasteiger partial charge in [0.05, 0.1) is 10.9 Å². The molecule has 8 nitrogen and oxygen atoms in total. The number of benzene rings is 2. The molecule has 3 N–H and O–H groups in total. The quantitative estimate of drug-likeness (QED) is 0.349.